The Balaban J connectivity index is 1.24. The minimum Gasteiger partial charge on any atom is -0.508 e. The van der Waals surface area contributed by atoms with E-state index in [1.807, 2.05) is 22.6 Å². The van der Waals surface area contributed by atoms with Gasteiger partial charge in [0.1, 0.15) is 41.4 Å². The molecule has 3 fully saturated rings. The normalized spacial score (nSPS) is 22.0. The van der Waals surface area contributed by atoms with E-state index in [0.717, 1.165) is 19.4 Å². The van der Waals surface area contributed by atoms with Gasteiger partial charge in [0.15, 0.2) is 5.82 Å². The second-order valence-corrected chi connectivity index (χ2v) is 12.4. The third-order valence-electron chi connectivity index (χ3n) is 9.74. The first-order valence-corrected chi connectivity index (χ1v) is 15.4. The van der Waals surface area contributed by atoms with Gasteiger partial charge in [-0.05, 0) is 60.3 Å². The predicted molar refractivity (Wildman–Crippen MR) is 163 cm³/mol. The third kappa shape index (κ3) is 4.56. The summed E-state index contributed by atoms with van der Waals surface area (Å²) in [5.41, 5.74) is 0.200. The highest BCUT2D eigenvalue weighted by Crippen LogP contribution is 2.42. The summed E-state index contributed by atoms with van der Waals surface area (Å²) in [7, 11) is 0. The third-order valence-corrected chi connectivity index (χ3v) is 9.74. The topological polar surface area (TPSA) is 92.4 Å². The lowest BCUT2D eigenvalue weighted by molar-refractivity contribution is 0.107. The van der Waals surface area contributed by atoms with Crippen molar-refractivity contribution in [1.29, 1.82) is 0 Å². The van der Waals surface area contributed by atoms with Crippen molar-refractivity contribution in [3.05, 3.63) is 66.4 Å². The van der Waals surface area contributed by atoms with Gasteiger partial charge in [-0.1, -0.05) is 13.0 Å². The van der Waals surface area contributed by atoms with Crippen LogP contribution in [0.25, 0.3) is 32.9 Å². The Morgan fingerprint density at radius 3 is 2.80 bits per heavy atom. The van der Waals surface area contributed by atoms with E-state index in [1.165, 1.54) is 24.4 Å². The molecule has 1 N–H and O–H groups in total. The molecule has 6 heterocycles. The molecule has 0 aliphatic carbocycles. The summed E-state index contributed by atoms with van der Waals surface area (Å²) in [6, 6.07) is 6.03. The number of aromatic hydroxyl groups is 1. The Labute approximate surface area is 257 Å². The molecular formula is C33H32F3N7O2. The molecule has 12 heteroatoms. The van der Waals surface area contributed by atoms with Crippen LogP contribution < -0.4 is 9.64 Å². The minimum absolute atomic E-state index is 0.00391. The number of rotatable bonds is 7. The van der Waals surface area contributed by atoms with E-state index in [-0.39, 0.29) is 41.2 Å². The SMILES string of the molecule is CCc1c(F)ccc2cc(O)cc(-c3ncc4c(N5CC(n6ccnc6)C5)nc(OC[C@@]56CCCN5C[C@H](F)C6)nc4c3F)c12. The standard InChI is InChI=1S/C33H32F3N7O2/c1-2-23-26(35)5-4-19-10-22(44)11-24(27(19)23)29-28(36)30-25(13-38-29)31(42-15-21(16-42)41-9-7-37-18-41)40-32(39-30)45-17-33-6-3-8-43(33)14-20(34)12-33/h4-5,7,9-11,13,18,20-21,44H,2-3,6,8,12,14-17H2,1H3/t20-,33+/m1/s1. The number of halogens is 3. The van der Waals surface area contributed by atoms with Crippen LogP contribution in [0.15, 0.2) is 49.2 Å². The van der Waals surface area contributed by atoms with E-state index in [4.69, 9.17) is 9.72 Å². The first-order chi connectivity index (χ1) is 21.8. The van der Waals surface area contributed by atoms with E-state index in [1.54, 1.807) is 18.6 Å². The number of hydrogen-bond acceptors (Lipinski definition) is 8. The highest BCUT2D eigenvalue weighted by Gasteiger charge is 2.49. The Morgan fingerprint density at radius 1 is 1.13 bits per heavy atom. The van der Waals surface area contributed by atoms with Gasteiger partial charge in [0.05, 0.1) is 23.3 Å². The number of benzene rings is 2. The second-order valence-electron chi connectivity index (χ2n) is 12.4. The minimum atomic E-state index is -0.913. The zero-order valence-electron chi connectivity index (χ0n) is 24.8. The summed E-state index contributed by atoms with van der Waals surface area (Å²) in [5, 5.41) is 12.0. The summed E-state index contributed by atoms with van der Waals surface area (Å²) >= 11 is 0. The smallest absolute Gasteiger partial charge is 0.319 e. The number of hydrogen-bond donors (Lipinski definition) is 1. The van der Waals surface area contributed by atoms with E-state index in [9.17, 15) is 13.9 Å². The molecule has 0 unspecified atom stereocenters. The van der Waals surface area contributed by atoms with Crippen LogP contribution >= 0.6 is 0 Å². The van der Waals surface area contributed by atoms with Crippen LogP contribution in [0.2, 0.25) is 0 Å². The maximum Gasteiger partial charge on any atom is 0.319 e. The fourth-order valence-corrected chi connectivity index (χ4v) is 7.50. The van der Waals surface area contributed by atoms with E-state index in [2.05, 4.69) is 19.9 Å². The number of nitrogens with zero attached hydrogens (tertiary/aromatic N) is 7. The Kier molecular flexibility index (Phi) is 6.59. The van der Waals surface area contributed by atoms with E-state index < -0.39 is 23.3 Å². The fraction of sp³-hybridized carbons (Fsp3) is 0.394. The number of fused-ring (bicyclic) bond motifs is 3. The van der Waals surface area contributed by atoms with Crippen molar-refractivity contribution in [3.8, 4) is 23.0 Å². The van der Waals surface area contributed by atoms with Crippen LogP contribution in [0, 0.1) is 11.6 Å². The highest BCUT2D eigenvalue weighted by atomic mass is 19.1. The van der Waals surface area contributed by atoms with Crippen molar-refractivity contribution in [2.24, 2.45) is 0 Å². The molecule has 3 saturated heterocycles. The molecule has 0 radical (unpaired) electrons. The van der Waals surface area contributed by atoms with Crippen LogP contribution in [0.3, 0.4) is 0 Å². The van der Waals surface area contributed by atoms with Gasteiger partial charge < -0.3 is 19.3 Å². The molecule has 5 aromatic rings. The predicted octanol–water partition coefficient (Wildman–Crippen LogP) is 5.60. The van der Waals surface area contributed by atoms with E-state index >= 15 is 4.39 Å². The van der Waals surface area contributed by atoms with E-state index in [0.29, 0.717) is 60.0 Å². The number of pyridine rings is 1. The molecule has 0 spiro atoms. The number of aromatic nitrogens is 5. The molecule has 3 aliphatic rings. The summed E-state index contributed by atoms with van der Waals surface area (Å²) in [6.07, 6.45) is 8.54. The average Bonchev–Trinajstić information content (AvgIpc) is 3.73. The maximum absolute atomic E-state index is 16.7. The lowest BCUT2D eigenvalue weighted by atomic mass is 9.94. The van der Waals surface area contributed by atoms with Crippen LogP contribution in [0.1, 0.15) is 37.8 Å². The molecular weight excluding hydrogens is 583 g/mol. The monoisotopic (exact) mass is 615 g/mol. The highest BCUT2D eigenvalue weighted by molar-refractivity contribution is 6.01. The molecule has 0 amide bonds. The lowest BCUT2D eigenvalue weighted by Crippen LogP contribution is -2.48. The van der Waals surface area contributed by atoms with Crippen LogP contribution in [0.5, 0.6) is 11.8 Å². The van der Waals surface area contributed by atoms with Gasteiger partial charge in [0.25, 0.3) is 0 Å². The first-order valence-electron chi connectivity index (χ1n) is 15.4. The lowest BCUT2D eigenvalue weighted by Gasteiger charge is -2.41. The molecule has 8 rings (SSSR count). The summed E-state index contributed by atoms with van der Waals surface area (Å²) in [4.78, 5) is 22.1. The number of ether oxygens (including phenoxy) is 1. The number of imidazole rings is 1. The quantitative estimate of drug-likeness (QED) is 0.253. The first kappa shape index (κ1) is 28.1. The van der Waals surface area contributed by atoms with Crippen LogP contribution in [0.4, 0.5) is 19.0 Å². The number of alkyl halides is 1. The Morgan fingerprint density at radius 2 is 2.00 bits per heavy atom. The van der Waals surface area contributed by atoms with Crippen LogP contribution in [-0.2, 0) is 6.42 Å². The van der Waals surface area contributed by atoms with Crippen LogP contribution in [-0.4, -0.2) is 79.0 Å². The second kappa shape index (κ2) is 10.6. The van der Waals surface area contributed by atoms with Crippen molar-refractivity contribution in [1.82, 2.24) is 29.4 Å². The van der Waals surface area contributed by atoms with Crippen molar-refractivity contribution < 1.29 is 23.0 Å². The largest absolute Gasteiger partial charge is 0.508 e. The molecule has 2 atom stereocenters. The molecule has 0 bridgehead atoms. The molecule has 3 aliphatic heterocycles. The molecule has 232 valence electrons. The van der Waals surface area contributed by atoms with Gasteiger partial charge in [-0.3, -0.25) is 9.88 Å². The van der Waals surface area contributed by atoms with Gasteiger partial charge in [-0.15, -0.1) is 0 Å². The van der Waals surface area contributed by atoms with Gasteiger partial charge >= 0.3 is 6.01 Å². The van der Waals surface area contributed by atoms with Gasteiger partial charge in [-0.2, -0.15) is 9.97 Å². The van der Waals surface area contributed by atoms with Crippen molar-refractivity contribution in [3.63, 3.8) is 0 Å². The Bertz CT molecular complexity index is 1930. The summed E-state index contributed by atoms with van der Waals surface area (Å²) in [5.74, 6) is -0.738. The summed E-state index contributed by atoms with van der Waals surface area (Å²) < 4.78 is 54.3. The fourth-order valence-electron chi connectivity index (χ4n) is 7.50. The van der Waals surface area contributed by atoms with Crippen molar-refractivity contribution in [2.75, 3.05) is 37.7 Å². The van der Waals surface area contributed by atoms with Gasteiger partial charge in [0.2, 0.25) is 0 Å². The molecule has 45 heavy (non-hydrogen) atoms. The Hall–Kier alpha value is -4.45. The van der Waals surface area contributed by atoms with Gasteiger partial charge in [0, 0.05) is 50.2 Å². The average molecular weight is 616 g/mol. The number of aryl methyl sites for hydroxylation is 1. The number of phenols is 1. The number of phenolic OH excluding ortho intramolecular Hbond substituents is 1. The molecule has 0 saturated carbocycles. The number of anilines is 1. The maximum atomic E-state index is 16.7. The molecule has 9 nitrogen and oxygen atoms in total. The van der Waals surface area contributed by atoms with Crippen molar-refractivity contribution in [2.45, 2.75) is 50.4 Å². The molecule has 2 aromatic carbocycles. The zero-order valence-corrected chi connectivity index (χ0v) is 24.8. The van der Waals surface area contributed by atoms with Gasteiger partial charge in [-0.25, -0.2) is 18.2 Å². The zero-order chi connectivity index (χ0) is 30.9. The molecule has 3 aromatic heterocycles. The summed E-state index contributed by atoms with van der Waals surface area (Å²) in [6.45, 7) is 4.46. The van der Waals surface area contributed by atoms with Crippen molar-refractivity contribution >= 4 is 27.5 Å².